The lowest BCUT2D eigenvalue weighted by Gasteiger charge is -2.29. The van der Waals surface area contributed by atoms with Crippen molar-refractivity contribution in [3.8, 4) is 0 Å². The zero-order valence-corrected chi connectivity index (χ0v) is 15.5. The maximum absolute atomic E-state index is 4.84. The molecular weight excluding hydrogens is 298 g/mol. The molecule has 1 atom stereocenters. The molecule has 0 aliphatic carbocycles. The van der Waals surface area contributed by atoms with Crippen LogP contribution in [0.3, 0.4) is 0 Å². The van der Waals surface area contributed by atoms with Gasteiger partial charge in [0, 0.05) is 37.4 Å². The Morgan fingerprint density at radius 2 is 2.04 bits per heavy atom. The molecule has 0 saturated carbocycles. The Bertz CT molecular complexity index is 480. The number of hydrogen-bond acceptors (Lipinski definition) is 3. The van der Waals surface area contributed by atoms with Crippen LogP contribution in [0.1, 0.15) is 39.3 Å². The molecule has 1 fully saturated rings. The fraction of sp³-hybridized carbons (Fsp3) is 0.684. The second-order valence-electron chi connectivity index (χ2n) is 6.77. The number of hydrogen-bond donors (Lipinski definition) is 2. The number of nitrogens with one attached hydrogen (secondary N) is 2. The predicted molar refractivity (Wildman–Crippen MR) is 101 cm³/mol. The van der Waals surface area contributed by atoms with Crippen LogP contribution in [0.25, 0.3) is 0 Å². The van der Waals surface area contributed by atoms with E-state index in [1.807, 2.05) is 18.3 Å². The Kier molecular flexibility index (Phi) is 8.02. The van der Waals surface area contributed by atoms with Gasteiger partial charge in [-0.3, -0.25) is 14.9 Å². The number of likely N-dealkylation sites (tertiary alicyclic amines) is 1. The van der Waals surface area contributed by atoms with Crippen LogP contribution < -0.4 is 10.6 Å². The summed E-state index contributed by atoms with van der Waals surface area (Å²) < 4.78 is 0. The Hall–Kier alpha value is -1.62. The average molecular weight is 332 g/mol. The minimum absolute atomic E-state index is 0.541. The highest BCUT2D eigenvalue weighted by atomic mass is 15.2. The van der Waals surface area contributed by atoms with Crippen molar-refractivity contribution in [3.63, 3.8) is 0 Å². The van der Waals surface area contributed by atoms with E-state index in [-0.39, 0.29) is 0 Å². The molecule has 1 aromatic heterocycles. The molecular formula is C19H33N5. The SMILES string of the molecule is CCNC(=NCC(C(C)C)N1CCCC1)NCCc1ccccn1. The van der Waals surface area contributed by atoms with Crippen molar-refractivity contribution >= 4 is 5.96 Å². The van der Waals surface area contributed by atoms with Gasteiger partial charge in [0.25, 0.3) is 0 Å². The molecule has 2 N–H and O–H groups in total. The molecule has 1 saturated heterocycles. The molecule has 24 heavy (non-hydrogen) atoms. The van der Waals surface area contributed by atoms with Crippen LogP contribution in [0, 0.1) is 5.92 Å². The summed E-state index contributed by atoms with van der Waals surface area (Å²) in [4.78, 5) is 11.8. The van der Waals surface area contributed by atoms with Crippen molar-refractivity contribution in [2.75, 3.05) is 32.7 Å². The predicted octanol–water partition coefficient (Wildman–Crippen LogP) is 2.30. The number of rotatable bonds is 8. The molecule has 0 aromatic carbocycles. The lowest BCUT2D eigenvalue weighted by molar-refractivity contribution is 0.197. The van der Waals surface area contributed by atoms with Gasteiger partial charge in [0.15, 0.2) is 5.96 Å². The van der Waals surface area contributed by atoms with E-state index in [2.05, 4.69) is 47.4 Å². The first-order valence-electron chi connectivity index (χ1n) is 9.37. The fourth-order valence-corrected chi connectivity index (χ4v) is 3.20. The van der Waals surface area contributed by atoms with Crippen LogP contribution in [0.15, 0.2) is 29.4 Å². The highest BCUT2D eigenvalue weighted by Gasteiger charge is 2.24. The van der Waals surface area contributed by atoms with Gasteiger partial charge in [0.05, 0.1) is 6.54 Å². The second-order valence-corrected chi connectivity index (χ2v) is 6.77. The van der Waals surface area contributed by atoms with Gasteiger partial charge < -0.3 is 10.6 Å². The van der Waals surface area contributed by atoms with Gasteiger partial charge in [-0.2, -0.15) is 0 Å². The van der Waals surface area contributed by atoms with E-state index in [0.29, 0.717) is 12.0 Å². The summed E-state index contributed by atoms with van der Waals surface area (Å²) in [5, 5.41) is 6.79. The largest absolute Gasteiger partial charge is 0.357 e. The van der Waals surface area contributed by atoms with E-state index in [1.54, 1.807) is 0 Å². The summed E-state index contributed by atoms with van der Waals surface area (Å²) in [5.74, 6) is 1.54. The summed E-state index contributed by atoms with van der Waals surface area (Å²) in [6.45, 7) is 11.8. The van der Waals surface area contributed by atoms with E-state index in [9.17, 15) is 0 Å². The van der Waals surface area contributed by atoms with Crippen molar-refractivity contribution in [1.82, 2.24) is 20.5 Å². The Morgan fingerprint density at radius 1 is 1.25 bits per heavy atom. The van der Waals surface area contributed by atoms with Crippen LogP contribution in [-0.2, 0) is 6.42 Å². The third kappa shape index (κ3) is 6.11. The van der Waals surface area contributed by atoms with Crippen LogP contribution >= 0.6 is 0 Å². The van der Waals surface area contributed by atoms with Crippen LogP contribution in [0.2, 0.25) is 0 Å². The first-order valence-corrected chi connectivity index (χ1v) is 9.37. The van der Waals surface area contributed by atoms with Gasteiger partial charge in [-0.1, -0.05) is 19.9 Å². The summed E-state index contributed by atoms with van der Waals surface area (Å²) in [5.41, 5.74) is 1.11. The number of guanidine groups is 1. The molecule has 2 heterocycles. The minimum atomic E-state index is 0.541. The Morgan fingerprint density at radius 3 is 2.67 bits per heavy atom. The molecule has 0 radical (unpaired) electrons. The first-order chi connectivity index (χ1) is 11.7. The summed E-state index contributed by atoms with van der Waals surface area (Å²) in [7, 11) is 0. The Balaban J connectivity index is 1.86. The third-order valence-corrected chi connectivity index (χ3v) is 4.56. The van der Waals surface area contributed by atoms with Gasteiger partial charge in [-0.15, -0.1) is 0 Å². The van der Waals surface area contributed by atoms with Gasteiger partial charge in [0.1, 0.15) is 0 Å². The fourth-order valence-electron chi connectivity index (χ4n) is 3.20. The van der Waals surface area contributed by atoms with Crippen LogP contribution in [-0.4, -0.2) is 54.6 Å². The molecule has 1 aromatic rings. The van der Waals surface area contributed by atoms with Gasteiger partial charge in [-0.05, 0) is 50.9 Å². The third-order valence-electron chi connectivity index (χ3n) is 4.56. The molecule has 5 heteroatoms. The minimum Gasteiger partial charge on any atom is -0.357 e. The number of aliphatic imine (C=N–C) groups is 1. The number of pyridine rings is 1. The second kappa shape index (κ2) is 10.3. The quantitative estimate of drug-likeness (QED) is 0.567. The first kappa shape index (κ1) is 18.7. The van der Waals surface area contributed by atoms with Crippen molar-refractivity contribution in [2.24, 2.45) is 10.9 Å². The highest BCUT2D eigenvalue weighted by molar-refractivity contribution is 5.79. The highest BCUT2D eigenvalue weighted by Crippen LogP contribution is 2.17. The molecule has 0 bridgehead atoms. The monoisotopic (exact) mass is 331 g/mol. The van der Waals surface area contributed by atoms with Crippen molar-refractivity contribution < 1.29 is 0 Å². The van der Waals surface area contributed by atoms with Crippen LogP contribution in [0.4, 0.5) is 0 Å². The number of aromatic nitrogens is 1. The van der Waals surface area contributed by atoms with E-state index >= 15 is 0 Å². The van der Waals surface area contributed by atoms with E-state index in [0.717, 1.165) is 37.7 Å². The van der Waals surface area contributed by atoms with Crippen LogP contribution in [0.5, 0.6) is 0 Å². The average Bonchev–Trinajstić information content (AvgIpc) is 3.10. The summed E-state index contributed by atoms with van der Waals surface area (Å²) in [6.07, 6.45) is 5.41. The zero-order valence-electron chi connectivity index (χ0n) is 15.5. The van der Waals surface area contributed by atoms with Crippen molar-refractivity contribution in [1.29, 1.82) is 0 Å². The zero-order chi connectivity index (χ0) is 17.2. The van der Waals surface area contributed by atoms with E-state index < -0.39 is 0 Å². The molecule has 5 nitrogen and oxygen atoms in total. The molecule has 1 aliphatic heterocycles. The maximum Gasteiger partial charge on any atom is 0.191 e. The summed E-state index contributed by atoms with van der Waals surface area (Å²) >= 11 is 0. The lowest BCUT2D eigenvalue weighted by atomic mass is 10.0. The summed E-state index contributed by atoms with van der Waals surface area (Å²) in [6, 6.07) is 6.59. The standard InChI is InChI=1S/C19H33N5/c1-4-20-19(22-12-10-17-9-5-6-11-21-17)23-15-18(16(2)3)24-13-7-8-14-24/h5-6,9,11,16,18H,4,7-8,10,12-15H2,1-3H3,(H2,20,22,23). The topological polar surface area (TPSA) is 52.6 Å². The molecule has 2 rings (SSSR count). The van der Waals surface area contributed by atoms with Crippen molar-refractivity contribution in [3.05, 3.63) is 30.1 Å². The van der Waals surface area contributed by atoms with E-state index in [1.165, 1.54) is 25.9 Å². The van der Waals surface area contributed by atoms with Crippen molar-refractivity contribution in [2.45, 2.75) is 46.1 Å². The lowest BCUT2D eigenvalue weighted by Crippen LogP contribution is -2.42. The molecule has 1 aliphatic rings. The molecule has 0 amide bonds. The maximum atomic E-state index is 4.84. The molecule has 0 spiro atoms. The molecule has 134 valence electrons. The smallest absolute Gasteiger partial charge is 0.191 e. The van der Waals surface area contributed by atoms with Gasteiger partial charge in [0.2, 0.25) is 0 Å². The normalized spacial score (nSPS) is 17.2. The van der Waals surface area contributed by atoms with Gasteiger partial charge >= 0.3 is 0 Å². The molecule has 1 unspecified atom stereocenters. The number of nitrogens with zero attached hydrogens (tertiary/aromatic N) is 3. The van der Waals surface area contributed by atoms with Gasteiger partial charge in [-0.25, -0.2) is 0 Å². The van der Waals surface area contributed by atoms with E-state index in [4.69, 9.17) is 4.99 Å². The Labute approximate surface area is 147 Å².